The minimum Gasteiger partial charge on any atom is -0.497 e. The molecule has 0 spiro atoms. The third-order valence-electron chi connectivity index (χ3n) is 3.21. The van der Waals surface area contributed by atoms with Crippen LogP contribution in [0.4, 0.5) is 0 Å². The number of hydrogen-bond acceptors (Lipinski definition) is 3. The largest absolute Gasteiger partial charge is 0.497 e. The first-order valence-electron chi connectivity index (χ1n) is 6.61. The molecule has 0 atom stereocenters. The van der Waals surface area contributed by atoms with Gasteiger partial charge in [0.05, 0.1) is 34.5 Å². The predicted octanol–water partition coefficient (Wildman–Crippen LogP) is 5.25. The summed E-state index contributed by atoms with van der Waals surface area (Å²) in [6.45, 7) is 0. The molecular formula is C17H12Br2N2O. The van der Waals surface area contributed by atoms with E-state index in [1.807, 2.05) is 48.5 Å². The van der Waals surface area contributed by atoms with E-state index in [4.69, 9.17) is 4.74 Å². The maximum atomic E-state index is 5.18. The second-order valence-corrected chi connectivity index (χ2v) is 6.19. The van der Waals surface area contributed by atoms with Crippen LogP contribution in [-0.4, -0.2) is 17.1 Å². The van der Waals surface area contributed by atoms with Crippen molar-refractivity contribution in [1.82, 2.24) is 9.97 Å². The highest BCUT2D eigenvalue weighted by atomic mass is 79.9. The molecule has 110 valence electrons. The fourth-order valence-electron chi connectivity index (χ4n) is 2.04. The van der Waals surface area contributed by atoms with Crippen molar-refractivity contribution in [2.75, 3.05) is 7.11 Å². The van der Waals surface area contributed by atoms with E-state index in [2.05, 4.69) is 41.8 Å². The van der Waals surface area contributed by atoms with Crippen LogP contribution < -0.4 is 4.74 Å². The van der Waals surface area contributed by atoms with Crippen molar-refractivity contribution in [3.05, 3.63) is 66.0 Å². The first-order chi connectivity index (χ1) is 10.7. The Balaban J connectivity index is 2.02. The fraction of sp³-hybridized carbons (Fsp3) is 0.0588. The lowest BCUT2D eigenvalue weighted by Gasteiger charge is -2.07. The van der Waals surface area contributed by atoms with Crippen LogP contribution in [0, 0.1) is 0 Å². The molecule has 1 aromatic heterocycles. The minimum absolute atomic E-state index is 0.779. The smallest absolute Gasteiger partial charge is 0.118 e. The number of rotatable bonds is 3. The first kappa shape index (κ1) is 15.2. The number of ether oxygens (including phenoxy) is 1. The van der Waals surface area contributed by atoms with E-state index in [-0.39, 0.29) is 0 Å². The van der Waals surface area contributed by atoms with Crippen molar-refractivity contribution >= 4 is 51.9 Å². The molecule has 5 heteroatoms. The normalized spacial score (nSPS) is 12.1. The van der Waals surface area contributed by atoms with Crippen LogP contribution in [0.5, 0.6) is 5.75 Å². The van der Waals surface area contributed by atoms with Gasteiger partial charge in [-0.15, -0.1) is 0 Å². The van der Waals surface area contributed by atoms with Gasteiger partial charge in [0.1, 0.15) is 5.75 Å². The SMILES string of the molecule is COc1ccc(/C(Br)=C(\Br)c2cnc3ccccc3n2)cc1. The number of fused-ring (bicyclic) bond motifs is 1. The Morgan fingerprint density at radius 2 is 1.59 bits per heavy atom. The van der Waals surface area contributed by atoms with Crippen LogP contribution >= 0.6 is 31.9 Å². The molecule has 1 heterocycles. The molecule has 0 amide bonds. The van der Waals surface area contributed by atoms with Gasteiger partial charge in [0.25, 0.3) is 0 Å². The van der Waals surface area contributed by atoms with Gasteiger partial charge in [-0.25, -0.2) is 4.98 Å². The number of para-hydroxylation sites is 2. The van der Waals surface area contributed by atoms with E-state index in [1.165, 1.54) is 0 Å². The second-order valence-electron chi connectivity index (χ2n) is 4.60. The Morgan fingerprint density at radius 3 is 2.27 bits per heavy atom. The Kier molecular flexibility index (Phi) is 4.55. The van der Waals surface area contributed by atoms with Crippen molar-refractivity contribution in [2.24, 2.45) is 0 Å². The Morgan fingerprint density at radius 1 is 0.909 bits per heavy atom. The number of benzene rings is 2. The molecule has 3 nitrogen and oxygen atoms in total. The van der Waals surface area contributed by atoms with Gasteiger partial charge in [-0.2, -0.15) is 0 Å². The number of hydrogen-bond donors (Lipinski definition) is 0. The lowest BCUT2D eigenvalue weighted by Crippen LogP contribution is -1.91. The van der Waals surface area contributed by atoms with Crippen LogP contribution in [0.25, 0.3) is 20.0 Å². The van der Waals surface area contributed by atoms with Gasteiger partial charge in [0.2, 0.25) is 0 Å². The van der Waals surface area contributed by atoms with Gasteiger partial charge in [-0.3, -0.25) is 4.98 Å². The number of aromatic nitrogens is 2. The average Bonchev–Trinajstić information content (AvgIpc) is 2.60. The molecule has 0 aliphatic carbocycles. The van der Waals surface area contributed by atoms with E-state index >= 15 is 0 Å². The molecule has 0 saturated carbocycles. The molecule has 0 unspecified atom stereocenters. The second kappa shape index (κ2) is 6.58. The zero-order chi connectivity index (χ0) is 15.5. The Labute approximate surface area is 145 Å². The number of nitrogens with zero attached hydrogens (tertiary/aromatic N) is 2. The monoisotopic (exact) mass is 418 g/mol. The van der Waals surface area contributed by atoms with Crippen LogP contribution in [0.2, 0.25) is 0 Å². The van der Waals surface area contributed by atoms with Gasteiger partial charge < -0.3 is 4.74 Å². The molecular weight excluding hydrogens is 408 g/mol. The molecule has 0 bridgehead atoms. The van der Waals surface area contributed by atoms with E-state index in [0.29, 0.717) is 0 Å². The minimum atomic E-state index is 0.779. The van der Waals surface area contributed by atoms with Gasteiger partial charge in [0, 0.05) is 4.48 Å². The maximum Gasteiger partial charge on any atom is 0.118 e. The highest BCUT2D eigenvalue weighted by Gasteiger charge is 2.09. The average molecular weight is 420 g/mol. The quantitative estimate of drug-likeness (QED) is 0.581. The predicted molar refractivity (Wildman–Crippen MR) is 97.2 cm³/mol. The fourth-order valence-corrected chi connectivity index (χ4v) is 2.93. The molecule has 2 aromatic carbocycles. The summed E-state index contributed by atoms with van der Waals surface area (Å²) < 4.78 is 6.95. The summed E-state index contributed by atoms with van der Waals surface area (Å²) in [6.07, 6.45) is 1.76. The van der Waals surface area contributed by atoms with E-state index < -0.39 is 0 Å². The third kappa shape index (κ3) is 3.05. The molecule has 0 radical (unpaired) electrons. The topological polar surface area (TPSA) is 35.0 Å². The van der Waals surface area contributed by atoms with Crippen molar-refractivity contribution < 1.29 is 4.74 Å². The van der Waals surface area contributed by atoms with E-state index in [1.54, 1.807) is 13.3 Å². The van der Waals surface area contributed by atoms with Crippen LogP contribution in [0.15, 0.2) is 54.7 Å². The summed E-state index contributed by atoms with van der Waals surface area (Å²) in [7, 11) is 1.65. The molecule has 22 heavy (non-hydrogen) atoms. The van der Waals surface area contributed by atoms with E-state index in [9.17, 15) is 0 Å². The van der Waals surface area contributed by atoms with Gasteiger partial charge in [-0.05, 0) is 61.7 Å². The van der Waals surface area contributed by atoms with Crippen molar-refractivity contribution in [1.29, 1.82) is 0 Å². The molecule has 0 aliphatic rings. The van der Waals surface area contributed by atoms with Crippen LogP contribution in [0.1, 0.15) is 11.3 Å². The van der Waals surface area contributed by atoms with Crippen molar-refractivity contribution in [2.45, 2.75) is 0 Å². The van der Waals surface area contributed by atoms with Crippen LogP contribution in [0.3, 0.4) is 0 Å². The summed E-state index contributed by atoms with van der Waals surface area (Å²) in [5.74, 6) is 0.825. The highest BCUT2D eigenvalue weighted by Crippen LogP contribution is 2.35. The van der Waals surface area contributed by atoms with Gasteiger partial charge in [0.15, 0.2) is 0 Å². The van der Waals surface area contributed by atoms with Crippen molar-refractivity contribution in [3.63, 3.8) is 0 Å². The summed E-state index contributed by atoms with van der Waals surface area (Å²) in [5, 5.41) is 0. The summed E-state index contributed by atoms with van der Waals surface area (Å²) in [4.78, 5) is 9.07. The highest BCUT2D eigenvalue weighted by molar-refractivity contribution is 9.18. The third-order valence-corrected chi connectivity index (χ3v) is 5.40. The van der Waals surface area contributed by atoms with E-state index in [0.717, 1.165) is 37.0 Å². The lowest BCUT2D eigenvalue weighted by atomic mass is 10.2. The Bertz CT molecular complexity index is 845. The summed E-state index contributed by atoms with van der Waals surface area (Å²) >= 11 is 7.23. The molecule has 3 rings (SSSR count). The first-order valence-corrected chi connectivity index (χ1v) is 8.19. The van der Waals surface area contributed by atoms with Crippen molar-refractivity contribution in [3.8, 4) is 5.75 Å². The molecule has 0 N–H and O–H groups in total. The standard InChI is InChI=1S/C17H12Br2N2O/c1-22-12-8-6-11(7-9-12)16(18)17(19)15-10-20-13-4-2-3-5-14(13)21-15/h2-10H,1H3/b17-16+. The number of halogens is 2. The molecule has 0 fully saturated rings. The zero-order valence-corrected chi connectivity index (χ0v) is 14.9. The maximum absolute atomic E-state index is 5.18. The molecule has 0 aliphatic heterocycles. The van der Waals surface area contributed by atoms with Gasteiger partial charge >= 0.3 is 0 Å². The molecule has 0 saturated heterocycles. The molecule has 3 aromatic rings. The number of methoxy groups -OCH3 is 1. The lowest BCUT2D eigenvalue weighted by molar-refractivity contribution is 0.415. The van der Waals surface area contributed by atoms with Gasteiger partial charge in [-0.1, -0.05) is 24.3 Å². The van der Waals surface area contributed by atoms with Crippen LogP contribution in [-0.2, 0) is 0 Å². The zero-order valence-electron chi connectivity index (χ0n) is 11.8. The Hall–Kier alpha value is -1.72. The summed E-state index contributed by atoms with van der Waals surface area (Å²) in [6, 6.07) is 15.6. The summed E-state index contributed by atoms with van der Waals surface area (Å²) in [5.41, 5.74) is 3.56.